The van der Waals surface area contributed by atoms with Crippen LogP contribution in [0.5, 0.6) is 0 Å². The molecule has 1 heterocycles. The summed E-state index contributed by atoms with van der Waals surface area (Å²) in [6.45, 7) is 0. The molecule has 0 atom stereocenters. The Bertz CT molecular complexity index is 503. The van der Waals surface area contributed by atoms with Gasteiger partial charge in [0.05, 0.1) is 16.9 Å². The minimum Gasteiger partial charge on any atom is -0.322 e. The Balaban J connectivity index is 2.24. The van der Waals surface area contributed by atoms with E-state index in [-0.39, 0.29) is 0 Å². The molecule has 1 aromatic heterocycles. The summed E-state index contributed by atoms with van der Waals surface area (Å²) in [5.41, 5.74) is 5.89. The molecule has 0 saturated heterocycles. The maximum atomic E-state index is 5.52. The van der Waals surface area contributed by atoms with E-state index >= 15 is 0 Å². The van der Waals surface area contributed by atoms with Gasteiger partial charge in [-0.3, -0.25) is 10.8 Å². The maximum Gasteiger partial charge on any atom is 0.0710 e. The molecule has 1 fully saturated rings. The normalized spacial score (nSPS) is 15.5. The highest BCUT2D eigenvalue weighted by molar-refractivity contribution is 5.82. The molecule has 0 unspecified atom stereocenters. The molecule has 0 radical (unpaired) electrons. The molecule has 15 heavy (non-hydrogen) atoms. The zero-order valence-corrected chi connectivity index (χ0v) is 8.40. The third-order valence-electron chi connectivity index (χ3n) is 2.87. The van der Waals surface area contributed by atoms with Crippen LogP contribution in [0, 0.1) is 0 Å². The van der Waals surface area contributed by atoms with Crippen LogP contribution in [0.2, 0.25) is 0 Å². The van der Waals surface area contributed by atoms with E-state index in [4.69, 9.17) is 5.84 Å². The number of nitrogen functional groups attached to an aromatic ring is 1. The lowest BCUT2D eigenvalue weighted by Crippen LogP contribution is -2.10. The number of rotatable bonds is 2. The molecule has 3 N–H and O–H groups in total. The molecule has 0 spiro atoms. The largest absolute Gasteiger partial charge is 0.322 e. The lowest BCUT2D eigenvalue weighted by Gasteiger charge is -2.08. The summed E-state index contributed by atoms with van der Waals surface area (Å²) in [5.74, 6) is 6.13. The van der Waals surface area contributed by atoms with Gasteiger partial charge < -0.3 is 5.43 Å². The van der Waals surface area contributed by atoms with Crippen LogP contribution in [0.4, 0.5) is 5.69 Å². The van der Waals surface area contributed by atoms with Gasteiger partial charge in [-0.2, -0.15) is 0 Å². The number of benzene rings is 1. The van der Waals surface area contributed by atoms with E-state index in [2.05, 4.69) is 22.5 Å². The fourth-order valence-electron chi connectivity index (χ4n) is 1.91. The molecule has 1 aliphatic rings. The van der Waals surface area contributed by atoms with Gasteiger partial charge in [0.15, 0.2) is 0 Å². The van der Waals surface area contributed by atoms with E-state index < -0.39 is 0 Å². The van der Waals surface area contributed by atoms with Crippen molar-refractivity contribution in [1.29, 1.82) is 0 Å². The van der Waals surface area contributed by atoms with Crippen LogP contribution in [0.15, 0.2) is 30.3 Å². The number of aromatic nitrogens is 1. The van der Waals surface area contributed by atoms with Crippen LogP contribution < -0.4 is 11.3 Å². The first-order valence-corrected chi connectivity index (χ1v) is 5.25. The van der Waals surface area contributed by atoms with E-state index in [0.29, 0.717) is 5.92 Å². The van der Waals surface area contributed by atoms with E-state index in [0.717, 1.165) is 22.3 Å². The summed E-state index contributed by atoms with van der Waals surface area (Å²) >= 11 is 0. The number of pyridine rings is 1. The number of hydrogen-bond donors (Lipinski definition) is 2. The van der Waals surface area contributed by atoms with Gasteiger partial charge >= 0.3 is 0 Å². The van der Waals surface area contributed by atoms with E-state index in [1.807, 2.05) is 18.2 Å². The molecule has 1 saturated carbocycles. The summed E-state index contributed by atoms with van der Waals surface area (Å²) < 4.78 is 0. The number of nitrogens with two attached hydrogens (primary N) is 1. The van der Waals surface area contributed by atoms with E-state index in [1.165, 1.54) is 12.8 Å². The van der Waals surface area contributed by atoms with Crippen LogP contribution in [0.25, 0.3) is 10.9 Å². The van der Waals surface area contributed by atoms with Gasteiger partial charge in [-0.25, -0.2) is 0 Å². The third kappa shape index (κ3) is 1.45. The van der Waals surface area contributed by atoms with Crippen LogP contribution in [0.1, 0.15) is 24.5 Å². The minimum absolute atomic E-state index is 0.612. The van der Waals surface area contributed by atoms with Crippen molar-refractivity contribution in [2.24, 2.45) is 5.84 Å². The number of hydrazine groups is 1. The average molecular weight is 199 g/mol. The monoisotopic (exact) mass is 199 g/mol. The molecule has 0 amide bonds. The van der Waals surface area contributed by atoms with Crippen molar-refractivity contribution in [3.8, 4) is 0 Å². The second-order valence-corrected chi connectivity index (χ2v) is 4.03. The van der Waals surface area contributed by atoms with Crippen molar-refractivity contribution in [1.82, 2.24) is 4.98 Å². The number of nitrogens with one attached hydrogen (secondary N) is 1. The fourth-order valence-corrected chi connectivity index (χ4v) is 1.91. The maximum absolute atomic E-state index is 5.52. The Kier molecular flexibility index (Phi) is 1.86. The zero-order chi connectivity index (χ0) is 10.3. The Morgan fingerprint density at radius 3 is 2.80 bits per heavy atom. The van der Waals surface area contributed by atoms with E-state index in [1.54, 1.807) is 0 Å². The average Bonchev–Trinajstić information content (AvgIpc) is 3.11. The number of nitrogens with zero attached hydrogens (tertiary/aromatic N) is 1. The van der Waals surface area contributed by atoms with Gasteiger partial charge in [-0.05, 0) is 25.0 Å². The van der Waals surface area contributed by atoms with E-state index in [9.17, 15) is 0 Å². The summed E-state index contributed by atoms with van der Waals surface area (Å²) in [5, 5.41) is 1.13. The molecule has 0 bridgehead atoms. The second-order valence-electron chi connectivity index (χ2n) is 4.03. The fraction of sp³-hybridized carbons (Fsp3) is 0.250. The number of hydrogen-bond acceptors (Lipinski definition) is 3. The summed E-state index contributed by atoms with van der Waals surface area (Å²) in [6, 6.07) is 10.2. The molecule has 3 nitrogen and oxygen atoms in total. The number of anilines is 1. The van der Waals surface area contributed by atoms with Crippen LogP contribution in [-0.2, 0) is 0 Å². The molecule has 1 aliphatic carbocycles. The highest BCUT2D eigenvalue weighted by Crippen LogP contribution is 2.42. The smallest absolute Gasteiger partial charge is 0.0710 e. The minimum atomic E-state index is 0.612. The molecule has 3 heteroatoms. The topological polar surface area (TPSA) is 50.9 Å². The van der Waals surface area contributed by atoms with Gasteiger partial charge in [0.25, 0.3) is 0 Å². The first kappa shape index (κ1) is 8.68. The van der Waals surface area contributed by atoms with Crippen molar-refractivity contribution in [2.45, 2.75) is 18.8 Å². The quantitative estimate of drug-likeness (QED) is 0.576. The van der Waals surface area contributed by atoms with Crippen LogP contribution in [0.3, 0.4) is 0 Å². The molecule has 76 valence electrons. The van der Waals surface area contributed by atoms with Gasteiger partial charge in [0, 0.05) is 11.3 Å². The second kappa shape index (κ2) is 3.21. The van der Waals surface area contributed by atoms with Crippen LogP contribution >= 0.6 is 0 Å². The lowest BCUT2D eigenvalue weighted by atomic mass is 10.1. The standard InChI is InChI=1S/C12H13N3/c13-15-11-7-9-3-1-2-4-10(9)14-12(11)8-5-6-8/h1-4,7-8,15H,5-6,13H2. The van der Waals surface area contributed by atoms with Crippen molar-refractivity contribution in [3.63, 3.8) is 0 Å². The van der Waals surface area contributed by atoms with Gasteiger partial charge in [-0.1, -0.05) is 18.2 Å². The Morgan fingerprint density at radius 1 is 1.27 bits per heavy atom. The highest BCUT2D eigenvalue weighted by Gasteiger charge is 2.27. The predicted molar refractivity (Wildman–Crippen MR) is 61.5 cm³/mol. The predicted octanol–water partition coefficient (Wildman–Crippen LogP) is 2.40. The lowest BCUT2D eigenvalue weighted by molar-refractivity contribution is 1.04. The van der Waals surface area contributed by atoms with Crippen LogP contribution in [-0.4, -0.2) is 4.98 Å². The van der Waals surface area contributed by atoms with Crippen molar-refractivity contribution in [3.05, 3.63) is 36.0 Å². The van der Waals surface area contributed by atoms with Crippen molar-refractivity contribution in [2.75, 3.05) is 5.43 Å². The summed E-state index contributed by atoms with van der Waals surface area (Å²) in [4.78, 5) is 4.67. The Labute approximate surface area is 88.3 Å². The zero-order valence-electron chi connectivity index (χ0n) is 8.40. The van der Waals surface area contributed by atoms with Crippen molar-refractivity contribution >= 4 is 16.6 Å². The molecule has 2 aromatic rings. The number of para-hydroxylation sites is 1. The van der Waals surface area contributed by atoms with Gasteiger partial charge in [-0.15, -0.1) is 0 Å². The molecular weight excluding hydrogens is 186 g/mol. The molecule has 1 aromatic carbocycles. The Hall–Kier alpha value is -1.61. The summed E-state index contributed by atoms with van der Waals surface area (Å²) in [7, 11) is 0. The first-order chi connectivity index (χ1) is 7.38. The SMILES string of the molecule is NNc1cc2ccccc2nc1C1CC1. The highest BCUT2D eigenvalue weighted by atomic mass is 15.2. The van der Waals surface area contributed by atoms with Gasteiger partial charge in [0.2, 0.25) is 0 Å². The summed E-state index contributed by atoms with van der Waals surface area (Å²) in [6.07, 6.45) is 2.47. The molecule has 0 aliphatic heterocycles. The first-order valence-electron chi connectivity index (χ1n) is 5.25. The number of fused-ring (bicyclic) bond motifs is 1. The van der Waals surface area contributed by atoms with Crippen molar-refractivity contribution < 1.29 is 0 Å². The van der Waals surface area contributed by atoms with Gasteiger partial charge in [0.1, 0.15) is 0 Å². The third-order valence-corrected chi connectivity index (χ3v) is 2.87. The Morgan fingerprint density at radius 2 is 2.07 bits per heavy atom. The molecule has 3 rings (SSSR count). The molecular formula is C12H13N3.